The van der Waals surface area contributed by atoms with E-state index in [1.807, 2.05) is 24.3 Å². The summed E-state index contributed by atoms with van der Waals surface area (Å²) in [6.45, 7) is 6.29. The molecule has 2 N–H and O–H groups in total. The molecule has 0 heterocycles. The Morgan fingerprint density at radius 3 is 2.29 bits per heavy atom. The Hall–Kier alpha value is -2.33. The summed E-state index contributed by atoms with van der Waals surface area (Å²) in [7, 11) is 0. The minimum atomic E-state index is -0.422. The van der Waals surface area contributed by atoms with E-state index in [1.54, 1.807) is 24.3 Å². The van der Waals surface area contributed by atoms with Crippen LogP contribution in [0.5, 0.6) is 0 Å². The van der Waals surface area contributed by atoms with E-state index in [0.29, 0.717) is 16.3 Å². The minimum absolute atomic E-state index is 0.0597. The van der Waals surface area contributed by atoms with E-state index in [-0.39, 0.29) is 17.7 Å². The first kappa shape index (κ1) is 18.0. The quantitative estimate of drug-likeness (QED) is 0.794. The molecule has 0 saturated carbocycles. The first-order valence-electron chi connectivity index (χ1n) is 7.70. The van der Waals surface area contributed by atoms with Gasteiger partial charge in [0, 0.05) is 16.3 Å². The molecular formula is C19H21ClN2O2. The molecule has 0 aliphatic rings. The van der Waals surface area contributed by atoms with Crippen molar-refractivity contribution in [3.63, 3.8) is 0 Å². The predicted molar refractivity (Wildman–Crippen MR) is 97.9 cm³/mol. The van der Waals surface area contributed by atoms with Gasteiger partial charge in [0.2, 0.25) is 0 Å². The maximum absolute atomic E-state index is 12.0. The van der Waals surface area contributed by atoms with Gasteiger partial charge in [0.25, 0.3) is 0 Å². The lowest BCUT2D eigenvalue weighted by Crippen LogP contribution is -2.33. The number of halogens is 1. The standard InChI is InChI=1S/C19H21ClN2O2/c1-19(2,3)14-7-9-16(10-8-14)22-18(24)21-12-17(23)13-5-4-6-15(20)11-13/h4-11H,12H2,1-3H3,(H2,21,22,24). The number of carbonyl (C=O) groups excluding carboxylic acids is 2. The third-order valence-electron chi connectivity index (χ3n) is 3.56. The Bertz CT molecular complexity index is 734. The first-order valence-corrected chi connectivity index (χ1v) is 8.08. The lowest BCUT2D eigenvalue weighted by molar-refractivity contribution is 0.0993. The van der Waals surface area contributed by atoms with Gasteiger partial charge in [-0.2, -0.15) is 0 Å². The summed E-state index contributed by atoms with van der Waals surface area (Å²) in [6.07, 6.45) is 0. The van der Waals surface area contributed by atoms with Crippen LogP contribution in [-0.2, 0) is 5.41 Å². The van der Waals surface area contributed by atoms with Crippen LogP contribution in [0.4, 0.5) is 10.5 Å². The molecule has 5 heteroatoms. The van der Waals surface area contributed by atoms with Crippen LogP contribution in [0.1, 0.15) is 36.7 Å². The molecule has 2 aromatic carbocycles. The van der Waals surface area contributed by atoms with E-state index in [9.17, 15) is 9.59 Å². The number of benzene rings is 2. The van der Waals surface area contributed by atoms with Crippen molar-refractivity contribution in [3.8, 4) is 0 Å². The van der Waals surface area contributed by atoms with Crippen molar-refractivity contribution in [2.45, 2.75) is 26.2 Å². The maximum Gasteiger partial charge on any atom is 0.319 e. The van der Waals surface area contributed by atoms with Gasteiger partial charge in [-0.05, 0) is 35.2 Å². The number of hydrogen-bond donors (Lipinski definition) is 2. The van der Waals surface area contributed by atoms with Crippen molar-refractivity contribution in [1.29, 1.82) is 0 Å². The van der Waals surface area contributed by atoms with Crippen molar-refractivity contribution in [3.05, 3.63) is 64.7 Å². The average Bonchev–Trinajstić information content (AvgIpc) is 2.52. The minimum Gasteiger partial charge on any atom is -0.330 e. The van der Waals surface area contributed by atoms with Gasteiger partial charge >= 0.3 is 6.03 Å². The van der Waals surface area contributed by atoms with Gasteiger partial charge < -0.3 is 10.6 Å². The molecule has 4 nitrogen and oxygen atoms in total. The fraction of sp³-hybridized carbons (Fsp3) is 0.263. The summed E-state index contributed by atoms with van der Waals surface area (Å²) in [5, 5.41) is 5.75. The molecule has 0 aromatic heterocycles. The largest absolute Gasteiger partial charge is 0.330 e. The lowest BCUT2D eigenvalue weighted by atomic mass is 9.87. The molecule has 0 saturated heterocycles. The van der Waals surface area contributed by atoms with E-state index in [4.69, 9.17) is 11.6 Å². The van der Waals surface area contributed by atoms with Crippen LogP contribution in [-0.4, -0.2) is 18.4 Å². The second kappa shape index (κ2) is 7.49. The Labute approximate surface area is 147 Å². The number of anilines is 1. The molecule has 2 amide bonds. The van der Waals surface area contributed by atoms with Crippen molar-refractivity contribution >= 4 is 29.1 Å². The summed E-state index contributed by atoms with van der Waals surface area (Å²) in [5.74, 6) is -0.198. The fourth-order valence-corrected chi connectivity index (χ4v) is 2.34. The van der Waals surface area contributed by atoms with E-state index >= 15 is 0 Å². The number of amides is 2. The smallest absolute Gasteiger partial charge is 0.319 e. The number of hydrogen-bond acceptors (Lipinski definition) is 2. The van der Waals surface area contributed by atoms with Gasteiger partial charge in [-0.3, -0.25) is 4.79 Å². The highest BCUT2D eigenvalue weighted by Crippen LogP contribution is 2.23. The van der Waals surface area contributed by atoms with Gasteiger partial charge in [-0.15, -0.1) is 0 Å². The van der Waals surface area contributed by atoms with Crippen molar-refractivity contribution in [2.75, 3.05) is 11.9 Å². The van der Waals surface area contributed by atoms with E-state index in [1.165, 1.54) is 5.56 Å². The Balaban J connectivity index is 1.88. The van der Waals surface area contributed by atoms with Crippen molar-refractivity contribution in [1.82, 2.24) is 5.32 Å². The van der Waals surface area contributed by atoms with Gasteiger partial charge in [0.15, 0.2) is 5.78 Å². The molecule has 0 radical (unpaired) electrons. The Morgan fingerprint density at radius 2 is 1.71 bits per heavy atom. The van der Waals surface area contributed by atoms with Crippen LogP contribution in [0.25, 0.3) is 0 Å². The Morgan fingerprint density at radius 1 is 1.04 bits per heavy atom. The molecule has 0 aliphatic heterocycles. The topological polar surface area (TPSA) is 58.2 Å². The highest BCUT2D eigenvalue weighted by Gasteiger charge is 2.13. The van der Waals surface area contributed by atoms with Crippen LogP contribution < -0.4 is 10.6 Å². The highest BCUT2D eigenvalue weighted by molar-refractivity contribution is 6.31. The molecule has 0 fully saturated rings. The zero-order valence-electron chi connectivity index (χ0n) is 14.0. The molecular weight excluding hydrogens is 324 g/mol. The molecule has 126 valence electrons. The normalized spacial score (nSPS) is 11.0. The van der Waals surface area contributed by atoms with Gasteiger partial charge in [-0.25, -0.2) is 4.79 Å². The summed E-state index contributed by atoms with van der Waals surface area (Å²) < 4.78 is 0. The summed E-state index contributed by atoms with van der Waals surface area (Å²) in [4.78, 5) is 23.9. The molecule has 0 unspecified atom stereocenters. The number of rotatable bonds is 4. The molecule has 0 aliphatic carbocycles. The van der Waals surface area contributed by atoms with Gasteiger partial charge in [-0.1, -0.05) is 56.6 Å². The van der Waals surface area contributed by atoms with Gasteiger partial charge in [0.05, 0.1) is 6.54 Å². The van der Waals surface area contributed by atoms with Crippen LogP contribution in [0.3, 0.4) is 0 Å². The van der Waals surface area contributed by atoms with Crippen LogP contribution in [0.2, 0.25) is 5.02 Å². The maximum atomic E-state index is 12.0. The number of nitrogens with one attached hydrogen (secondary N) is 2. The van der Waals surface area contributed by atoms with Crippen LogP contribution in [0, 0.1) is 0 Å². The highest BCUT2D eigenvalue weighted by atomic mass is 35.5. The summed E-state index contributed by atoms with van der Waals surface area (Å²) in [5.41, 5.74) is 2.39. The molecule has 24 heavy (non-hydrogen) atoms. The van der Waals surface area contributed by atoms with Crippen LogP contribution in [0.15, 0.2) is 48.5 Å². The zero-order chi connectivity index (χ0) is 17.7. The summed E-state index contributed by atoms with van der Waals surface area (Å²) in [6, 6.07) is 13.9. The SMILES string of the molecule is CC(C)(C)c1ccc(NC(=O)NCC(=O)c2cccc(Cl)c2)cc1. The molecule has 2 aromatic rings. The number of carbonyl (C=O) groups is 2. The second-order valence-corrected chi connectivity index (χ2v) is 7.00. The third-order valence-corrected chi connectivity index (χ3v) is 3.80. The molecule has 0 atom stereocenters. The van der Waals surface area contributed by atoms with Gasteiger partial charge in [0.1, 0.15) is 0 Å². The fourth-order valence-electron chi connectivity index (χ4n) is 2.15. The van der Waals surface area contributed by atoms with Crippen molar-refractivity contribution < 1.29 is 9.59 Å². The van der Waals surface area contributed by atoms with Crippen molar-refractivity contribution in [2.24, 2.45) is 0 Å². The first-order chi connectivity index (χ1) is 11.3. The van der Waals surface area contributed by atoms with E-state index in [2.05, 4.69) is 31.4 Å². The Kier molecular flexibility index (Phi) is 5.62. The molecule has 0 bridgehead atoms. The third kappa shape index (κ3) is 5.10. The average molecular weight is 345 g/mol. The number of urea groups is 1. The van der Waals surface area contributed by atoms with E-state index < -0.39 is 6.03 Å². The molecule has 0 spiro atoms. The summed E-state index contributed by atoms with van der Waals surface area (Å²) >= 11 is 5.85. The predicted octanol–water partition coefficient (Wildman–Crippen LogP) is 4.64. The second-order valence-electron chi connectivity index (χ2n) is 6.57. The number of ketones is 1. The van der Waals surface area contributed by atoms with Crippen LogP contribution >= 0.6 is 11.6 Å². The van der Waals surface area contributed by atoms with E-state index in [0.717, 1.165) is 0 Å². The molecule has 2 rings (SSSR count). The lowest BCUT2D eigenvalue weighted by Gasteiger charge is -2.19. The number of Topliss-reactive ketones (excluding diaryl/α,β-unsaturated/α-hetero) is 1. The monoisotopic (exact) mass is 344 g/mol. The zero-order valence-corrected chi connectivity index (χ0v) is 14.8.